The van der Waals surface area contributed by atoms with E-state index >= 15 is 0 Å². The van der Waals surface area contributed by atoms with Crippen LogP contribution in [0.25, 0.3) is 10.2 Å². The van der Waals surface area contributed by atoms with E-state index in [1.165, 1.54) is 24.1 Å². The Hall–Kier alpha value is -3.78. The van der Waals surface area contributed by atoms with Gasteiger partial charge < -0.3 is 24.3 Å². The summed E-state index contributed by atoms with van der Waals surface area (Å²) in [7, 11) is 0. The maximum atomic E-state index is 14.9. The summed E-state index contributed by atoms with van der Waals surface area (Å²) in [5.74, 6) is 1.11. The Kier molecular flexibility index (Phi) is 7.18. The number of carbonyl (C=O) groups is 2. The molecule has 4 heterocycles. The molecule has 0 spiro atoms. The number of aromatic nitrogens is 1. The van der Waals surface area contributed by atoms with Gasteiger partial charge in [-0.2, -0.15) is 0 Å². The second-order valence-corrected chi connectivity index (χ2v) is 12.9. The lowest BCUT2D eigenvalue weighted by molar-refractivity contribution is -0.136. The average molecular weight is 584 g/mol. The molecule has 2 amide bonds. The molecule has 1 saturated carbocycles. The minimum atomic E-state index is -1.23. The van der Waals surface area contributed by atoms with E-state index in [1.54, 1.807) is 16.2 Å². The SMILES string of the molecule is CCc1cc2c(cc3n2C[C@](C(=O)NC2CCCCCCC2)(c2ccccc2)N(Cc2ccc4c(c2)OCO4)C3=O)s1. The van der Waals surface area contributed by atoms with E-state index in [9.17, 15) is 9.59 Å². The number of thiophene rings is 1. The molecular weight excluding hydrogens is 546 g/mol. The Morgan fingerprint density at radius 3 is 2.52 bits per heavy atom. The number of fused-ring (bicyclic) bond motifs is 4. The third kappa shape index (κ3) is 4.66. The largest absolute Gasteiger partial charge is 0.454 e. The lowest BCUT2D eigenvalue weighted by Gasteiger charge is -2.47. The number of hydrogen-bond donors (Lipinski definition) is 1. The Morgan fingerprint density at radius 1 is 0.976 bits per heavy atom. The van der Waals surface area contributed by atoms with Gasteiger partial charge in [0.1, 0.15) is 5.69 Å². The lowest BCUT2D eigenvalue weighted by Crippen LogP contribution is -2.64. The van der Waals surface area contributed by atoms with Crippen molar-refractivity contribution in [2.45, 2.75) is 83.0 Å². The zero-order chi connectivity index (χ0) is 28.7. The third-order valence-corrected chi connectivity index (χ3v) is 10.4. The van der Waals surface area contributed by atoms with Crippen molar-refractivity contribution in [3.05, 3.63) is 82.4 Å². The van der Waals surface area contributed by atoms with Crippen molar-refractivity contribution in [2.24, 2.45) is 0 Å². The smallest absolute Gasteiger partial charge is 0.272 e. The van der Waals surface area contributed by atoms with E-state index in [2.05, 4.69) is 22.9 Å². The number of amides is 2. The molecular formula is C34H37N3O4S. The normalized spacial score (nSPS) is 20.8. The number of hydrogen-bond acceptors (Lipinski definition) is 5. The molecule has 3 aliphatic rings. The number of nitrogens with zero attached hydrogens (tertiary/aromatic N) is 2. The molecule has 0 saturated heterocycles. The predicted molar refractivity (Wildman–Crippen MR) is 164 cm³/mol. The van der Waals surface area contributed by atoms with Gasteiger partial charge in [-0.15, -0.1) is 11.3 Å². The van der Waals surface area contributed by atoms with E-state index in [-0.39, 0.29) is 31.2 Å². The van der Waals surface area contributed by atoms with Crippen molar-refractivity contribution in [1.29, 1.82) is 0 Å². The summed E-state index contributed by atoms with van der Waals surface area (Å²) in [5, 5.41) is 3.47. The highest BCUT2D eigenvalue weighted by Gasteiger charge is 2.53. The Balaban J connectivity index is 1.37. The standard InChI is InChI=1S/C34H37N3O4S/c1-2-26-18-27-31(42-26)19-28-32(38)37(20-23-15-16-29-30(17-23)41-22-40-29)34(21-36(27)28,24-11-7-6-8-12-24)33(39)35-25-13-9-4-3-5-10-14-25/h6-8,11-12,15-19,25H,2-5,9-10,13-14,20-22H2,1H3,(H,35,39)/t34-/m1/s1. The molecule has 2 aliphatic heterocycles. The molecule has 1 N–H and O–H groups in total. The van der Waals surface area contributed by atoms with Crippen molar-refractivity contribution in [3.8, 4) is 11.5 Å². The number of ether oxygens (including phenoxy) is 2. The Bertz CT molecular complexity index is 1620. The fourth-order valence-electron chi connectivity index (χ4n) is 6.86. The van der Waals surface area contributed by atoms with Gasteiger partial charge in [-0.3, -0.25) is 9.59 Å². The van der Waals surface area contributed by atoms with Crippen LogP contribution >= 0.6 is 11.3 Å². The first-order valence-corrected chi connectivity index (χ1v) is 16.1. The molecule has 0 radical (unpaired) electrons. The van der Waals surface area contributed by atoms with Crippen LogP contribution in [-0.4, -0.2) is 34.1 Å². The lowest BCUT2D eigenvalue weighted by atomic mass is 9.83. The highest BCUT2D eigenvalue weighted by molar-refractivity contribution is 7.19. The van der Waals surface area contributed by atoms with Crippen molar-refractivity contribution in [3.63, 3.8) is 0 Å². The summed E-state index contributed by atoms with van der Waals surface area (Å²) in [4.78, 5) is 32.6. The minimum Gasteiger partial charge on any atom is -0.454 e. The maximum absolute atomic E-state index is 14.9. The van der Waals surface area contributed by atoms with Gasteiger partial charge >= 0.3 is 0 Å². The average Bonchev–Trinajstić information content (AvgIpc) is 3.71. The summed E-state index contributed by atoms with van der Waals surface area (Å²) in [6.45, 7) is 2.95. The van der Waals surface area contributed by atoms with Gasteiger partial charge in [0.25, 0.3) is 11.8 Å². The maximum Gasteiger partial charge on any atom is 0.272 e. The number of nitrogens with one attached hydrogen (secondary N) is 1. The molecule has 7 nitrogen and oxygen atoms in total. The van der Waals surface area contributed by atoms with Crippen LogP contribution in [0, 0.1) is 0 Å². The Morgan fingerprint density at radius 2 is 1.74 bits per heavy atom. The molecule has 0 unspecified atom stereocenters. The van der Waals surface area contributed by atoms with E-state index < -0.39 is 5.54 Å². The highest BCUT2D eigenvalue weighted by Crippen LogP contribution is 2.43. The second-order valence-electron chi connectivity index (χ2n) is 11.8. The van der Waals surface area contributed by atoms with E-state index in [4.69, 9.17) is 9.47 Å². The molecule has 42 heavy (non-hydrogen) atoms. The molecule has 218 valence electrons. The van der Waals surface area contributed by atoms with Crippen molar-refractivity contribution >= 4 is 33.4 Å². The molecule has 7 rings (SSSR count). The number of carbonyl (C=O) groups excluding carboxylic acids is 2. The molecule has 1 atom stereocenters. The van der Waals surface area contributed by atoms with Crippen molar-refractivity contribution < 1.29 is 19.1 Å². The zero-order valence-corrected chi connectivity index (χ0v) is 24.9. The summed E-state index contributed by atoms with van der Waals surface area (Å²) in [6, 6.07) is 19.9. The quantitative estimate of drug-likeness (QED) is 0.272. The van der Waals surface area contributed by atoms with Crippen LogP contribution in [0.15, 0.2) is 60.7 Å². The van der Waals surface area contributed by atoms with Crippen LogP contribution in [0.2, 0.25) is 0 Å². The Labute approximate surface area is 250 Å². The van der Waals surface area contributed by atoms with Gasteiger partial charge in [0.2, 0.25) is 6.79 Å². The predicted octanol–water partition coefficient (Wildman–Crippen LogP) is 6.77. The third-order valence-electron chi connectivity index (χ3n) is 9.15. The number of benzene rings is 2. The fourth-order valence-corrected chi connectivity index (χ4v) is 7.90. The van der Waals surface area contributed by atoms with Gasteiger partial charge in [-0.1, -0.05) is 75.4 Å². The monoisotopic (exact) mass is 583 g/mol. The van der Waals surface area contributed by atoms with Crippen LogP contribution in [0.4, 0.5) is 0 Å². The zero-order valence-electron chi connectivity index (χ0n) is 24.1. The highest BCUT2D eigenvalue weighted by atomic mass is 32.1. The molecule has 4 aromatic rings. The van der Waals surface area contributed by atoms with Crippen molar-refractivity contribution in [2.75, 3.05) is 6.79 Å². The van der Waals surface area contributed by atoms with Gasteiger partial charge in [0.15, 0.2) is 17.0 Å². The van der Waals surface area contributed by atoms with Gasteiger partial charge in [-0.25, -0.2) is 0 Å². The number of rotatable bonds is 6. The van der Waals surface area contributed by atoms with E-state index in [0.29, 0.717) is 23.7 Å². The van der Waals surface area contributed by atoms with Gasteiger partial charge in [0.05, 0.1) is 16.8 Å². The molecule has 2 aromatic carbocycles. The van der Waals surface area contributed by atoms with Crippen LogP contribution < -0.4 is 14.8 Å². The van der Waals surface area contributed by atoms with Gasteiger partial charge in [-0.05, 0) is 54.7 Å². The van der Waals surface area contributed by atoms with Gasteiger partial charge in [0, 0.05) is 17.5 Å². The molecule has 1 aliphatic carbocycles. The topological polar surface area (TPSA) is 72.8 Å². The van der Waals surface area contributed by atoms with Crippen LogP contribution in [0.1, 0.15) is 78.4 Å². The number of aryl methyl sites for hydroxylation is 1. The van der Waals surface area contributed by atoms with Crippen molar-refractivity contribution in [1.82, 2.24) is 14.8 Å². The molecule has 8 heteroatoms. The van der Waals surface area contributed by atoms with Crippen LogP contribution in [0.5, 0.6) is 11.5 Å². The summed E-state index contributed by atoms with van der Waals surface area (Å²) in [6.07, 6.45) is 8.76. The fraction of sp³-hybridized carbons (Fsp3) is 0.412. The first-order chi connectivity index (χ1) is 20.6. The molecule has 2 aromatic heterocycles. The van der Waals surface area contributed by atoms with Crippen LogP contribution in [0.3, 0.4) is 0 Å². The van der Waals surface area contributed by atoms with Crippen LogP contribution in [-0.2, 0) is 29.8 Å². The second kappa shape index (κ2) is 11.1. The minimum absolute atomic E-state index is 0.0970. The molecule has 1 fully saturated rings. The summed E-state index contributed by atoms with van der Waals surface area (Å²) < 4.78 is 14.4. The van der Waals surface area contributed by atoms with E-state index in [0.717, 1.165) is 53.4 Å². The summed E-state index contributed by atoms with van der Waals surface area (Å²) >= 11 is 1.73. The first kappa shape index (κ1) is 27.1. The summed E-state index contributed by atoms with van der Waals surface area (Å²) in [5.41, 5.74) is 2.14. The first-order valence-electron chi connectivity index (χ1n) is 15.3. The molecule has 0 bridgehead atoms. The van der Waals surface area contributed by atoms with E-state index in [1.807, 2.05) is 54.6 Å².